The molecule has 54 heavy (non-hydrogen) atoms. The molecule has 290 valence electrons. The number of benzene rings is 3. The molecule has 0 radical (unpaired) electrons. The number of hydrogen-bond acceptors (Lipinski definition) is 7. The monoisotopic (exact) mass is 802 g/mol. The predicted octanol–water partition coefficient (Wildman–Crippen LogP) is 4.90. The lowest BCUT2D eigenvalue weighted by atomic mass is 10.0. The first-order valence-corrected chi connectivity index (χ1v) is 19.4. The third kappa shape index (κ3) is 10.9. The summed E-state index contributed by atoms with van der Waals surface area (Å²) >= 11 is 12.0. The van der Waals surface area contributed by atoms with Crippen LogP contribution in [0.15, 0.2) is 71.6 Å². The van der Waals surface area contributed by atoms with Gasteiger partial charge in [0.15, 0.2) is 0 Å². The van der Waals surface area contributed by atoms with Gasteiger partial charge < -0.3 is 31.3 Å². The Morgan fingerprint density at radius 2 is 1.61 bits per heavy atom. The average molecular weight is 804 g/mol. The number of amides is 5. The van der Waals surface area contributed by atoms with E-state index in [1.807, 2.05) is 25.1 Å². The number of halogens is 2. The van der Waals surface area contributed by atoms with Gasteiger partial charge in [-0.2, -0.15) is 4.31 Å². The minimum absolute atomic E-state index is 0.0198. The van der Waals surface area contributed by atoms with Crippen LogP contribution in [-0.4, -0.2) is 90.7 Å². The summed E-state index contributed by atoms with van der Waals surface area (Å²) in [5.41, 5.74) is 2.78. The Balaban J connectivity index is 1.30. The van der Waals surface area contributed by atoms with Crippen LogP contribution in [0.3, 0.4) is 0 Å². The van der Waals surface area contributed by atoms with E-state index in [1.165, 1.54) is 30.1 Å². The van der Waals surface area contributed by atoms with Gasteiger partial charge in [-0.05, 0) is 79.6 Å². The standard InChI is InChI=1S/C37H44Cl2N6O8S/c1-22(2)33(44(4)32(46)18-24-11-13-27(14-12-24)41-37(51)43-29-9-6-5-8-23(29)3)35(48)40-16-15-30(36(49)50)42-34(47)31-10-7-17-45(31)54(52,53)28-20-25(38)19-26(39)21-28/h5-6,8-9,11-14,19-22,30-31,33H,7,10,15-18H2,1-4H3,(H,40,48)(H,42,47)(H,49,50)(H2,41,43,51)/t30-,31+,33+/m1/s1. The molecule has 0 aromatic heterocycles. The molecule has 3 aromatic carbocycles. The van der Waals surface area contributed by atoms with E-state index in [4.69, 9.17) is 23.2 Å². The first-order chi connectivity index (χ1) is 25.5. The third-order valence-electron chi connectivity index (χ3n) is 8.97. The Morgan fingerprint density at radius 1 is 0.963 bits per heavy atom. The topological polar surface area (TPSA) is 194 Å². The zero-order valence-electron chi connectivity index (χ0n) is 30.3. The molecule has 4 rings (SSSR count). The lowest BCUT2D eigenvalue weighted by Gasteiger charge is -2.30. The fourth-order valence-corrected chi connectivity index (χ4v) is 8.54. The minimum atomic E-state index is -4.18. The van der Waals surface area contributed by atoms with Crippen molar-refractivity contribution in [1.29, 1.82) is 0 Å². The van der Waals surface area contributed by atoms with Crippen molar-refractivity contribution in [2.75, 3.05) is 30.8 Å². The van der Waals surface area contributed by atoms with E-state index in [-0.39, 0.29) is 59.1 Å². The number of carbonyl (C=O) groups excluding carboxylic acids is 4. The number of sulfonamides is 1. The van der Waals surface area contributed by atoms with E-state index in [0.717, 1.165) is 9.87 Å². The number of carbonyl (C=O) groups is 5. The quantitative estimate of drug-likeness (QED) is 0.143. The number of likely N-dealkylation sites (N-methyl/N-ethyl adjacent to an activating group) is 1. The minimum Gasteiger partial charge on any atom is -0.480 e. The van der Waals surface area contributed by atoms with Crippen LogP contribution in [0, 0.1) is 12.8 Å². The Bertz CT molecular complexity index is 1960. The van der Waals surface area contributed by atoms with Crippen molar-refractivity contribution >= 4 is 74.3 Å². The number of anilines is 2. The normalized spacial score (nSPS) is 15.6. The molecule has 17 heteroatoms. The van der Waals surface area contributed by atoms with Crippen LogP contribution >= 0.6 is 23.2 Å². The largest absolute Gasteiger partial charge is 0.480 e. The first kappa shape index (κ1) is 42.0. The van der Waals surface area contributed by atoms with E-state index < -0.39 is 52.0 Å². The summed E-state index contributed by atoms with van der Waals surface area (Å²) in [6.45, 7) is 5.32. The molecular weight excluding hydrogens is 759 g/mol. The molecule has 5 amide bonds. The number of carboxylic acid groups (broad SMARTS) is 1. The summed E-state index contributed by atoms with van der Waals surface area (Å²) in [6.07, 6.45) is 0.320. The molecule has 0 aliphatic carbocycles. The number of aliphatic carboxylic acids is 1. The van der Waals surface area contributed by atoms with Crippen molar-refractivity contribution in [3.05, 3.63) is 87.9 Å². The van der Waals surface area contributed by atoms with E-state index in [9.17, 15) is 37.5 Å². The number of urea groups is 1. The number of aryl methyl sites for hydroxylation is 1. The highest BCUT2D eigenvalue weighted by molar-refractivity contribution is 7.89. The Labute approximate surface area is 324 Å². The molecule has 0 unspecified atom stereocenters. The SMILES string of the molecule is Cc1ccccc1NC(=O)Nc1ccc(CC(=O)N(C)[C@H](C(=O)NCC[C@@H](NC(=O)[C@@H]2CCCN2S(=O)(=O)c2cc(Cl)cc(Cl)c2)C(=O)O)C(C)C)cc1. The van der Waals surface area contributed by atoms with E-state index in [0.29, 0.717) is 23.4 Å². The zero-order valence-corrected chi connectivity index (χ0v) is 32.6. The van der Waals surface area contributed by atoms with Crippen LogP contribution in [0.25, 0.3) is 0 Å². The number of hydrogen-bond donors (Lipinski definition) is 5. The van der Waals surface area contributed by atoms with Gasteiger partial charge in [0, 0.05) is 41.6 Å². The second-order valence-corrected chi connectivity index (χ2v) is 16.1. The molecule has 1 aliphatic rings. The van der Waals surface area contributed by atoms with Crippen molar-refractivity contribution in [3.8, 4) is 0 Å². The van der Waals surface area contributed by atoms with E-state index in [2.05, 4.69) is 21.3 Å². The third-order valence-corrected chi connectivity index (χ3v) is 11.3. The summed E-state index contributed by atoms with van der Waals surface area (Å²) in [6, 6.07) is 14.0. The molecule has 0 saturated carbocycles. The van der Waals surface area contributed by atoms with Gasteiger partial charge in [-0.15, -0.1) is 0 Å². The molecule has 5 N–H and O–H groups in total. The number of rotatable bonds is 15. The van der Waals surface area contributed by atoms with Gasteiger partial charge in [-0.1, -0.05) is 67.4 Å². The van der Waals surface area contributed by atoms with Gasteiger partial charge >= 0.3 is 12.0 Å². The van der Waals surface area contributed by atoms with Gasteiger partial charge in [0.05, 0.1) is 11.3 Å². The first-order valence-electron chi connectivity index (χ1n) is 17.2. The van der Waals surface area contributed by atoms with Gasteiger partial charge in [0.2, 0.25) is 27.7 Å². The second kappa shape index (κ2) is 18.6. The lowest BCUT2D eigenvalue weighted by molar-refractivity contribution is -0.142. The van der Waals surface area contributed by atoms with Crippen LogP contribution in [0.2, 0.25) is 10.0 Å². The highest BCUT2D eigenvalue weighted by atomic mass is 35.5. The molecule has 1 fully saturated rings. The van der Waals surface area contributed by atoms with Crippen molar-refractivity contribution in [2.24, 2.45) is 5.92 Å². The molecular formula is C37H44Cl2N6O8S. The number of nitrogens with zero attached hydrogens (tertiary/aromatic N) is 2. The maximum atomic E-state index is 13.4. The van der Waals surface area contributed by atoms with Crippen molar-refractivity contribution in [3.63, 3.8) is 0 Å². The molecule has 0 bridgehead atoms. The molecule has 1 aliphatic heterocycles. The highest BCUT2D eigenvalue weighted by Gasteiger charge is 2.41. The molecule has 1 heterocycles. The molecule has 1 saturated heterocycles. The maximum Gasteiger partial charge on any atom is 0.326 e. The lowest BCUT2D eigenvalue weighted by Crippen LogP contribution is -2.53. The molecule has 3 aromatic rings. The number of para-hydroxylation sites is 1. The summed E-state index contributed by atoms with van der Waals surface area (Å²) in [7, 11) is -2.67. The van der Waals surface area contributed by atoms with Crippen molar-refractivity contribution in [1.82, 2.24) is 19.8 Å². The van der Waals surface area contributed by atoms with Crippen molar-refractivity contribution in [2.45, 2.75) is 69.5 Å². The van der Waals surface area contributed by atoms with E-state index in [1.54, 1.807) is 44.2 Å². The smallest absolute Gasteiger partial charge is 0.326 e. The van der Waals surface area contributed by atoms with E-state index >= 15 is 0 Å². The number of nitrogens with one attached hydrogen (secondary N) is 4. The number of carboxylic acids is 1. The van der Waals surface area contributed by atoms with Gasteiger partial charge in [-0.25, -0.2) is 18.0 Å². The predicted molar refractivity (Wildman–Crippen MR) is 206 cm³/mol. The van der Waals surface area contributed by atoms with Crippen LogP contribution in [0.4, 0.5) is 16.2 Å². The average Bonchev–Trinajstić information content (AvgIpc) is 3.60. The van der Waals surface area contributed by atoms with Crippen molar-refractivity contribution < 1.29 is 37.5 Å². The summed E-state index contributed by atoms with van der Waals surface area (Å²) in [5.74, 6) is -3.32. The van der Waals surface area contributed by atoms with Gasteiger partial charge in [-0.3, -0.25) is 14.4 Å². The molecule has 14 nitrogen and oxygen atoms in total. The summed E-state index contributed by atoms with van der Waals surface area (Å²) in [4.78, 5) is 65.6. The van der Waals surface area contributed by atoms with Gasteiger partial charge in [0.1, 0.15) is 18.1 Å². The van der Waals surface area contributed by atoms with Gasteiger partial charge in [0.25, 0.3) is 0 Å². The van der Waals surface area contributed by atoms with Crippen LogP contribution in [-0.2, 0) is 35.6 Å². The Hall–Kier alpha value is -4.70. The maximum absolute atomic E-state index is 13.4. The van der Waals surface area contributed by atoms with Crippen LogP contribution < -0.4 is 21.3 Å². The van der Waals surface area contributed by atoms with Crippen LogP contribution in [0.1, 0.15) is 44.2 Å². The fraction of sp³-hybridized carbons (Fsp3) is 0.378. The zero-order chi connectivity index (χ0) is 39.7. The molecule has 3 atom stereocenters. The van der Waals surface area contributed by atoms with Crippen LogP contribution in [0.5, 0.6) is 0 Å². The second-order valence-electron chi connectivity index (χ2n) is 13.3. The summed E-state index contributed by atoms with van der Waals surface area (Å²) in [5, 5.41) is 20.7. The summed E-state index contributed by atoms with van der Waals surface area (Å²) < 4.78 is 27.8. The highest BCUT2D eigenvalue weighted by Crippen LogP contribution is 2.30. The Kier molecular flexibility index (Phi) is 14.5. The molecule has 0 spiro atoms. The fourth-order valence-electron chi connectivity index (χ4n) is 6.16. The Morgan fingerprint density at radius 3 is 2.22 bits per heavy atom.